The van der Waals surface area contributed by atoms with Gasteiger partial charge in [-0.2, -0.15) is 0 Å². The Morgan fingerprint density at radius 2 is 1.92 bits per heavy atom. The van der Waals surface area contributed by atoms with Crippen molar-refractivity contribution in [2.24, 2.45) is 0 Å². The van der Waals surface area contributed by atoms with E-state index in [-0.39, 0.29) is 17.5 Å². The highest BCUT2D eigenvalue weighted by atomic mass is 35.5. The minimum absolute atomic E-state index is 0.0650. The van der Waals surface area contributed by atoms with Gasteiger partial charge in [-0.05, 0) is 24.3 Å². The molecule has 1 aliphatic heterocycles. The minimum Gasteiger partial charge on any atom is -0.339 e. The van der Waals surface area contributed by atoms with Crippen LogP contribution in [0, 0.1) is 0 Å². The van der Waals surface area contributed by atoms with Crippen LogP contribution in [-0.2, 0) is 4.79 Å². The molecule has 1 aromatic carbocycles. The molecule has 2 heterocycles. The van der Waals surface area contributed by atoms with Crippen molar-refractivity contribution < 1.29 is 9.59 Å². The van der Waals surface area contributed by atoms with E-state index in [0.29, 0.717) is 42.8 Å². The molecule has 2 aromatic rings. The molecule has 0 atom stereocenters. The number of hydrogen-bond acceptors (Lipinski definition) is 5. The van der Waals surface area contributed by atoms with Gasteiger partial charge >= 0.3 is 0 Å². The van der Waals surface area contributed by atoms with E-state index in [4.69, 9.17) is 11.6 Å². The fourth-order valence-corrected chi connectivity index (χ4v) is 2.80. The Hall–Kier alpha value is -2.67. The highest BCUT2D eigenvalue weighted by Gasteiger charge is 2.21. The van der Waals surface area contributed by atoms with Crippen LogP contribution in [0.1, 0.15) is 17.4 Å². The molecule has 1 aromatic heterocycles. The van der Waals surface area contributed by atoms with Crippen LogP contribution in [0.5, 0.6) is 0 Å². The quantitative estimate of drug-likeness (QED) is 0.907. The molecule has 0 radical (unpaired) electrons. The zero-order valence-corrected chi connectivity index (χ0v) is 14.5. The maximum atomic E-state index is 12.4. The molecular weight excluding hydrogens is 342 g/mol. The first-order valence-electron chi connectivity index (χ1n) is 7.93. The number of halogens is 1. The maximum absolute atomic E-state index is 12.4. The van der Waals surface area contributed by atoms with E-state index in [9.17, 15) is 9.59 Å². The van der Waals surface area contributed by atoms with Gasteiger partial charge in [0, 0.05) is 50.0 Å². The van der Waals surface area contributed by atoms with Gasteiger partial charge in [-0.25, -0.2) is 9.97 Å². The molecule has 1 N–H and O–H groups in total. The van der Waals surface area contributed by atoms with Gasteiger partial charge < -0.3 is 15.1 Å². The van der Waals surface area contributed by atoms with Crippen molar-refractivity contribution in [3.63, 3.8) is 0 Å². The fraction of sp³-hybridized carbons (Fsp3) is 0.294. The zero-order valence-electron chi connectivity index (χ0n) is 13.8. The zero-order chi connectivity index (χ0) is 17.8. The number of amides is 2. The van der Waals surface area contributed by atoms with Gasteiger partial charge in [0.25, 0.3) is 5.91 Å². The number of benzene rings is 1. The molecule has 2 amide bonds. The third-order valence-corrected chi connectivity index (χ3v) is 4.20. The first-order valence-corrected chi connectivity index (χ1v) is 8.31. The number of anilines is 2. The lowest BCUT2D eigenvalue weighted by Gasteiger charge is -2.34. The second kappa shape index (κ2) is 7.48. The second-order valence-electron chi connectivity index (χ2n) is 5.70. The van der Waals surface area contributed by atoms with E-state index in [2.05, 4.69) is 15.3 Å². The molecule has 3 rings (SSSR count). The number of nitrogens with zero attached hydrogens (tertiary/aromatic N) is 4. The predicted octanol–water partition coefficient (Wildman–Crippen LogP) is 2.05. The van der Waals surface area contributed by atoms with Gasteiger partial charge in [-0.15, -0.1) is 0 Å². The average Bonchev–Trinajstić information content (AvgIpc) is 2.62. The molecule has 0 saturated carbocycles. The maximum Gasteiger partial charge on any atom is 0.274 e. The fourth-order valence-electron chi connectivity index (χ4n) is 2.61. The highest BCUT2D eigenvalue weighted by molar-refractivity contribution is 6.30. The summed E-state index contributed by atoms with van der Waals surface area (Å²) in [7, 11) is 0. The highest BCUT2D eigenvalue weighted by Crippen LogP contribution is 2.16. The van der Waals surface area contributed by atoms with Gasteiger partial charge in [0.1, 0.15) is 5.69 Å². The molecule has 0 spiro atoms. The molecule has 25 heavy (non-hydrogen) atoms. The molecule has 7 nitrogen and oxygen atoms in total. The van der Waals surface area contributed by atoms with Gasteiger partial charge in [0.2, 0.25) is 11.9 Å². The largest absolute Gasteiger partial charge is 0.339 e. The summed E-state index contributed by atoms with van der Waals surface area (Å²) in [6.07, 6.45) is 1.56. The Kier molecular flexibility index (Phi) is 5.14. The normalized spacial score (nSPS) is 14.3. The minimum atomic E-state index is -0.326. The lowest BCUT2D eigenvalue weighted by atomic mass is 10.3. The molecular formula is C17H18ClN5O2. The van der Waals surface area contributed by atoms with E-state index in [1.807, 2.05) is 4.90 Å². The molecule has 1 fully saturated rings. The predicted molar refractivity (Wildman–Crippen MR) is 95.9 cm³/mol. The van der Waals surface area contributed by atoms with Crippen LogP contribution in [0.25, 0.3) is 0 Å². The molecule has 1 saturated heterocycles. The number of aromatic nitrogens is 2. The summed E-state index contributed by atoms with van der Waals surface area (Å²) in [5.74, 6) is 0.227. The van der Waals surface area contributed by atoms with Crippen LogP contribution in [0.3, 0.4) is 0 Å². The molecule has 8 heteroatoms. The van der Waals surface area contributed by atoms with E-state index >= 15 is 0 Å². The number of rotatable bonds is 3. The first-order chi connectivity index (χ1) is 12.0. The Balaban J connectivity index is 1.69. The summed E-state index contributed by atoms with van der Waals surface area (Å²) < 4.78 is 0. The standard InChI is InChI=1S/C17H18ClN5O2/c1-12(24)22-7-9-23(10-8-22)17-19-6-5-15(21-17)16(25)20-14-4-2-3-13(18)11-14/h2-6,11H,7-10H2,1H3,(H,20,25). The van der Waals surface area contributed by atoms with Crippen molar-refractivity contribution in [1.29, 1.82) is 0 Å². The van der Waals surface area contributed by atoms with Crippen LogP contribution in [0.15, 0.2) is 36.5 Å². The lowest BCUT2D eigenvalue weighted by Crippen LogP contribution is -2.48. The molecule has 1 aliphatic rings. The van der Waals surface area contributed by atoms with Crippen LogP contribution in [-0.4, -0.2) is 52.9 Å². The smallest absolute Gasteiger partial charge is 0.274 e. The van der Waals surface area contributed by atoms with E-state index in [1.54, 1.807) is 48.4 Å². The van der Waals surface area contributed by atoms with E-state index < -0.39 is 0 Å². The summed E-state index contributed by atoms with van der Waals surface area (Å²) in [5, 5.41) is 3.31. The van der Waals surface area contributed by atoms with E-state index in [0.717, 1.165) is 0 Å². The molecule has 130 valence electrons. The van der Waals surface area contributed by atoms with E-state index in [1.165, 1.54) is 0 Å². The summed E-state index contributed by atoms with van der Waals surface area (Å²) in [5.41, 5.74) is 0.881. The van der Waals surface area contributed by atoms with Crippen molar-refractivity contribution in [2.45, 2.75) is 6.92 Å². The summed E-state index contributed by atoms with van der Waals surface area (Å²) >= 11 is 5.92. The molecule has 0 unspecified atom stereocenters. The monoisotopic (exact) mass is 359 g/mol. The number of piperazine rings is 1. The van der Waals surface area contributed by atoms with Crippen LogP contribution < -0.4 is 10.2 Å². The van der Waals surface area contributed by atoms with Crippen molar-refractivity contribution >= 4 is 35.1 Å². The number of nitrogens with one attached hydrogen (secondary N) is 1. The van der Waals surface area contributed by atoms with Crippen molar-refractivity contribution in [3.05, 3.63) is 47.2 Å². The first kappa shape index (κ1) is 17.2. The number of carbonyl (C=O) groups is 2. The lowest BCUT2D eigenvalue weighted by molar-refractivity contribution is -0.129. The third-order valence-electron chi connectivity index (χ3n) is 3.97. The van der Waals surface area contributed by atoms with Crippen molar-refractivity contribution in [2.75, 3.05) is 36.4 Å². The van der Waals surface area contributed by atoms with Gasteiger partial charge in [0.05, 0.1) is 0 Å². The van der Waals surface area contributed by atoms with Gasteiger partial charge in [-0.3, -0.25) is 9.59 Å². The number of carbonyl (C=O) groups excluding carboxylic acids is 2. The Labute approximate surface area is 150 Å². The van der Waals surface area contributed by atoms with Gasteiger partial charge in [-0.1, -0.05) is 17.7 Å². The summed E-state index contributed by atoms with van der Waals surface area (Å²) in [6.45, 7) is 4.08. The molecule has 0 aliphatic carbocycles. The van der Waals surface area contributed by atoms with Gasteiger partial charge in [0.15, 0.2) is 0 Å². The van der Waals surface area contributed by atoms with Crippen LogP contribution in [0.2, 0.25) is 5.02 Å². The molecule has 0 bridgehead atoms. The van der Waals surface area contributed by atoms with Crippen molar-refractivity contribution in [3.8, 4) is 0 Å². The SMILES string of the molecule is CC(=O)N1CCN(c2nccc(C(=O)Nc3cccc(Cl)c3)n2)CC1. The van der Waals surface area contributed by atoms with Crippen molar-refractivity contribution in [1.82, 2.24) is 14.9 Å². The Morgan fingerprint density at radius 3 is 2.60 bits per heavy atom. The Bertz CT molecular complexity index is 790. The van der Waals surface area contributed by atoms with Crippen LogP contribution in [0.4, 0.5) is 11.6 Å². The summed E-state index contributed by atoms with van der Waals surface area (Å²) in [6, 6.07) is 8.49. The number of hydrogen-bond donors (Lipinski definition) is 1. The second-order valence-corrected chi connectivity index (χ2v) is 6.14. The average molecular weight is 360 g/mol. The summed E-state index contributed by atoms with van der Waals surface area (Å²) in [4.78, 5) is 36.1. The topological polar surface area (TPSA) is 78.4 Å². The Morgan fingerprint density at radius 1 is 1.16 bits per heavy atom. The van der Waals surface area contributed by atoms with Crippen LogP contribution >= 0.6 is 11.6 Å². The third kappa shape index (κ3) is 4.24.